The predicted octanol–water partition coefficient (Wildman–Crippen LogP) is 2.16. The van der Waals surface area contributed by atoms with Crippen molar-refractivity contribution in [2.75, 3.05) is 13.1 Å². The quantitative estimate of drug-likeness (QED) is 0.852. The molecule has 2 heterocycles. The van der Waals surface area contributed by atoms with Crippen LogP contribution in [0.3, 0.4) is 0 Å². The fraction of sp³-hybridized carbons (Fsp3) is 0.500. The van der Waals surface area contributed by atoms with Gasteiger partial charge in [-0.2, -0.15) is 4.98 Å². The molecule has 2 amide bonds. The highest BCUT2D eigenvalue weighted by molar-refractivity contribution is 5.73. The van der Waals surface area contributed by atoms with Gasteiger partial charge >= 0.3 is 6.03 Å². The molecule has 0 unspecified atom stereocenters. The van der Waals surface area contributed by atoms with E-state index in [1.165, 1.54) is 25.7 Å². The zero-order valence-electron chi connectivity index (χ0n) is 13.0. The monoisotopic (exact) mass is 315 g/mol. The molecule has 1 aliphatic carbocycles. The number of nitrogens with one attached hydrogen (secondary N) is 2. The van der Waals surface area contributed by atoms with Crippen LogP contribution < -0.4 is 10.6 Å². The van der Waals surface area contributed by atoms with Crippen molar-refractivity contribution in [3.05, 3.63) is 30.2 Å². The largest absolute Gasteiger partial charge is 0.338 e. The number of carbonyl (C=O) groups excluding carboxylic acids is 1. The second-order valence-electron chi connectivity index (χ2n) is 5.77. The Kier molecular flexibility index (Phi) is 5.18. The minimum absolute atomic E-state index is 0.134. The Labute approximate surface area is 134 Å². The molecule has 0 aliphatic heterocycles. The molecule has 1 saturated carbocycles. The van der Waals surface area contributed by atoms with Gasteiger partial charge in [0, 0.05) is 25.7 Å². The third-order valence-electron chi connectivity index (χ3n) is 4.01. The lowest BCUT2D eigenvalue weighted by molar-refractivity contribution is 0.239. The summed E-state index contributed by atoms with van der Waals surface area (Å²) in [5.41, 5.74) is 0.647. The molecule has 1 fully saturated rings. The Hall–Kier alpha value is -2.44. The molecule has 3 rings (SSSR count). The standard InChI is InChI=1S/C16H21N5O2/c22-16(19-11-12-5-1-2-6-12)18-10-8-14-20-15(23-21-14)13-7-3-4-9-17-13/h3-4,7,9,12H,1-2,5-6,8,10-11H2,(H2,18,19,22). The maximum atomic E-state index is 11.7. The summed E-state index contributed by atoms with van der Waals surface area (Å²) in [6.07, 6.45) is 7.20. The molecule has 7 nitrogen and oxygen atoms in total. The number of amides is 2. The van der Waals surface area contributed by atoms with E-state index in [2.05, 4.69) is 25.8 Å². The molecule has 23 heavy (non-hydrogen) atoms. The van der Waals surface area contributed by atoms with Crippen LogP contribution in [0.5, 0.6) is 0 Å². The van der Waals surface area contributed by atoms with Crippen LogP contribution in [-0.2, 0) is 6.42 Å². The molecule has 1 aliphatic rings. The third-order valence-corrected chi connectivity index (χ3v) is 4.01. The van der Waals surface area contributed by atoms with E-state index in [0.29, 0.717) is 36.3 Å². The molecule has 0 radical (unpaired) electrons. The van der Waals surface area contributed by atoms with E-state index in [9.17, 15) is 4.79 Å². The number of hydrogen-bond donors (Lipinski definition) is 2. The van der Waals surface area contributed by atoms with Gasteiger partial charge in [0.1, 0.15) is 5.69 Å². The van der Waals surface area contributed by atoms with Crippen molar-refractivity contribution >= 4 is 6.03 Å². The van der Waals surface area contributed by atoms with E-state index < -0.39 is 0 Å². The normalized spacial score (nSPS) is 14.8. The van der Waals surface area contributed by atoms with Gasteiger partial charge < -0.3 is 15.2 Å². The zero-order valence-corrected chi connectivity index (χ0v) is 13.0. The first-order valence-electron chi connectivity index (χ1n) is 8.07. The van der Waals surface area contributed by atoms with Gasteiger partial charge in [0.15, 0.2) is 5.82 Å². The Bertz CT molecular complexity index is 622. The van der Waals surface area contributed by atoms with Crippen LogP contribution >= 0.6 is 0 Å². The lowest BCUT2D eigenvalue weighted by Crippen LogP contribution is -2.38. The van der Waals surface area contributed by atoms with Crippen molar-refractivity contribution in [2.45, 2.75) is 32.1 Å². The number of aromatic nitrogens is 3. The second-order valence-corrected chi connectivity index (χ2v) is 5.77. The second kappa shape index (κ2) is 7.71. The molecular weight excluding hydrogens is 294 g/mol. The molecular formula is C16H21N5O2. The Morgan fingerprint density at radius 1 is 1.26 bits per heavy atom. The molecule has 122 valence electrons. The molecule has 0 bridgehead atoms. The molecule has 0 aromatic carbocycles. The van der Waals surface area contributed by atoms with Crippen molar-refractivity contribution in [1.82, 2.24) is 25.8 Å². The van der Waals surface area contributed by atoms with Gasteiger partial charge in [-0.15, -0.1) is 0 Å². The van der Waals surface area contributed by atoms with Gasteiger partial charge in [-0.1, -0.05) is 24.1 Å². The summed E-state index contributed by atoms with van der Waals surface area (Å²) in [6.45, 7) is 1.23. The maximum absolute atomic E-state index is 11.7. The van der Waals surface area contributed by atoms with Crippen molar-refractivity contribution in [3.63, 3.8) is 0 Å². The number of pyridine rings is 1. The highest BCUT2D eigenvalue weighted by Gasteiger charge is 2.15. The molecule has 0 saturated heterocycles. The minimum atomic E-state index is -0.134. The Morgan fingerprint density at radius 2 is 2.13 bits per heavy atom. The molecule has 0 atom stereocenters. The summed E-state index contributed by atoms with van der Waals surface area (Å²) in [5.74, 6) is 1.59. The SMILES string of the molecule is O=C(NCCc1noc(-c2ccccn2)n1)NCC1CCCC1. The number of carbonyl (C=O) groups is 1. The van der Waals surface area contributed by atoms with Gasteiger partial charge in [0.25, 0.3) is 5.89 Å². The molecule has 7 heteroatoms. The van der Waals surface area contributed by atoms with Gasteiger partial charge in [-0.05, 0) is 30.9 Å². The van der Waals surface area contributed by atoms with Crippen LogP contribution in [0, 0.1) is 5.92 Å². The van der Waals surface area contributed by atoms with Crippen LogP contribution in [0.1, 0.15) is 31.5 Å². The number of urea groups is 1. The summed E-state index contributed by atoms with van der Waals surface area (Å²) < 4.78 is 5.17. The molecule has 0 spiro atoms. The highest BCUT2D eigenvalue weighted by Crippen LogP contribution is 2.23. The average Bonchev–Trinajstić information content (AvgIpc) is 3.26. The van der Waals surface area contributed by atoms with Crippen molar-refractivity contribution in [1.29, 1.82) is 0 Å². The Balaban J connectivity index is 1.39. The van der Waals surface area contributed by atoms with E-state index in [0.717, 1.165) is 6.54 Å². The fourth-order valence-corrected chi connectivity index (χ4v) is 2.75. The van der Waals surface area contributed by atoms with Crippen molar-refractivity contribution < 1.29 is 9.32 Å². The minimum Gasteiger partial charge on any atom is -0.338 e. The van der Waals surface area contributed by atoms with E-state index >= 15 is 0 Å². The molecule has 2 aromatic heterocycles. The smallest absolute Gasteiger partial charge is 0.314 e. The lowest BCUT2D eigenvalue weighted by atomic mass is 10.1. The van der Waals surface area contributed by atoms with E-state index in [1.807, 2.05) is 18.2 Å². The maximum Gasteiger partial charge on any atom is 0.314 e. The van der Waals surface area contributed by atoms with Gasteiger partial charge in [-0.25, -0.2) is 4.79 Å². The fourth-order valence-electron chi connectivity index (χ4n) is 2.75. The van der Waals surface area contributed by atoms with Gasteiger partial charge in [-0.3, -0.25) is 4.98 Å². The van der Waals surface area contributed by atoms with Crippen LogP contribution in [0.15, 0.2) is 28.9 Å². The van der Waals surface area contributed by atoms with E-state index in [1.54, 1.807) is 6.20 Å². The predicted molar refractivity (Wildman–Crippen MR) is 84.6 cm³/mol. The summed E-state index contributed by atoms with van der Waals surface area (Å²) in [4.78, 5) is 20.2. The lowest BCUT2D eigenvalue weighted by Gasteiger charge is -2.11. The highest BCUT2D eigenvalue weighted by atomic mass is 16.5. The van der Waals surface area contributed by atoms with Gasteiger partial charge in [0.05, 0.1) is 0 Å². The van der Waals surface area contributed by atoms with E-state index in [-0.39, 0.29) is 6.03 Å². The molecule has 2 N–H and O–H groups in total. The molecule has 2 aromatic rings. The van der Waals surface area contributed by atoms with Crippen molar-refractivity contribution in [2.24, 2.45) is 5.92 Å². The average molecular weight is 315 g/mol. The first-order chi connectivity index (χ1) is 11.3. The first kappa shape index (κ1) is 15.5. The number of hydrogen-bond acceptors (Lipinski definition) is 5. The van der Waals surface area contributed by atoms with Gasteiger partial charge in [0.2, 0.25) is 0 Å². The Morgan fingerprint density at radius 3 is 2.91 bits per heavy atom. The van der Waals surface area contributed by atoms with Crippen LogP contribution in [0.4, 0.5) is 4.79 Å². The van der Waals surface area contributed by atoms with Crippen molar-refractivity contribution in [3.8, 4) is 11.6 Å². The van der Waals surface area contributed by atoms with Crippen LogP contribution in [0.25, 0.3) is 11.6 Å². The van der Waals surface area contributed by atoms with Crippen LogP contribution in [0.2, 0.25) is 0 Å². The summed E-state index contributed by atoms with van der Waals surface area (Å²) in [6, 6.07) is 5.37. The number of nitrogens with zero attached hydrogens (tertiary/aromatic N) is 3. The third kappa shape index (κ3) is 4.51. The van der Waals surface area contributed by atoms with E-state index in [4.69, 9.17) is 4.52 Å². The number of rotatable bonds is 6. The summed E-state index contributed by atoms with van der Waals surface area (Å²) >= 11 is 0. The first-order valence-corrected chi connectivity index (χ1v) is 8.07. The zero-order chi connectivity index (χ0) is 15.9. The topological polar surface area (TPSA) is 92.9 Å². The van der Waals surface area contributed by atoms with Crippen LogP contribution in [-0.4, -0.2) is 34.2 Å². The summed E-state index contributed by atoms with van der Waals surface area (Å²) in [5, 5.41) is 9.64. The summed E-state index contributed by atoms with van der Waals surface area (Å²) in [7, 11) is 0.